The number of unbranched alkanes of at least 4 members (excludes halogenated alkanes) is 2. The molecule has 0 saturated carbocycles. The van der Waals surface area contributed by atoms with E-state index in [1.807, 2.05) is 4.90 Å². The Morgan fingerprint density at radius 1 is 1.17 bits per heavy atom. The van der Waals surface area contributed by atoms with Gasteiger partial charge in [0.05, 0.1) is 0 Å². The van der Waals surface area contributed by atoms with Crippen LogP contribution in [0.1, 0.15) is 32.6 Å². The van der Waals surface area contributed by atoms with Gasteiger partial charge in [0.1, 0.15) is 0 Å². The first-order chi connectivity index (χ1) is 8.77. The van der Waals surface area contributed by atoms with Gasteiger partial charge in [-0.05, 0) is 32.4 Å². The van der Waals surface area contributed by atoms with Crippen LogP contribution in [-0.2, 0) is 0 Å². The zero-order valence-corrected chi connectivity index (χ0v) is 11.7. The summed E-state index contributed by atoms with van der Waals surface area (Å²) in [4.78, 5) is 16.2. The fourth-order valence-electron chi connectivity index (χ4n) is 2.14. The van der Waals surface area contributed by atoms with Gasteiger partial charge in [0, 0.05) is 32.7 Å². The third-order valence-electron chi connectivity index (χ3n) is 3.39. The minimum Gasteiger partial charge on any atom is -0.338 e. The van der Waals surface area contributed by atoms with E-state index in [-0.39, 0.29) is 6.03 Å². The Labute approximate surface area is 111 Å². The number of carbonyl (C=O) groups excluding carboxylic acids is 1. The van der Waals surface area contributed by atoms with Crippen molar-refractivity contribution < 1.29 is 4.79 Å². The van der Waals surface area contributed by atoms with Crippen LogP contribution >= 0.6 is 0 Å². The molecule has 5 heteroatoms. The zero-order valence-electron chi connectivity index (χ0n) is 11.7. The predicted octanol–water partition coefficient (Wildman–Crippen LogP) is 0.853. The number of piperazine rings is 1. The molecule has 0 spiro atoms. The van der Waals surface area contributed by atoms with Gasteiger partial charge in [0.25, 0.3) is 0 Å². The molecule has 0 radical (unpaired) electrons. The van der Waals surface area contributed by atoms with E-state index >= 15 is 0 Å². The van der Waals surface area contributed by atoms with Crippen molar-refractivity contribution in [2.75, 3.05) is 45.8 Å². The van der Waals surface area contributed by atoms with E-state index in [0.29, 0.717) is 0 Å². The molecule has 3 N–H and O–H groups in total. The standard InChI is InChI=1S/C13H28N4O/c1-2-3-7-15-13(18)17-11-9-16(10-12-17)8-5-4-6-14/h2-12,14H2,1H3,(H,15,18). The van der Waals surface area contributed by atoms with Crippen LogP contribution in [-0.4, -0.2) is 61.6 Å². The molecule has 0 unspecified atom stereocenters. The topological polar surface area (TPSA) is 61.6 Å². The van der Waals surface area contributed by atoms with Crippen LogP contribution in [0.15, 0.2) is 0 Å². The summed E-state index contributed by atoms with van der Waals surface area (Å²) in [7, 11) is 0. The first kappa shape index (κ1) is 15.2. The smallest absolute Gasteiger partial charge is 0.317 e. The van der Waals surface area contributed by atoms with Crippen molar-refractivity contribution in [1.29, 1.82) is 0 Å². The summed E-state index contributed by atoms with van der Waals surface area (Å²) in [6, 6.07) is 0.102. The lowest BCUT2D eigenvalue weighted by Crippen LogP contribution is -2.52. The molecule has 0 atom stereocenters. The van der Waals surface area contributed by atoms with Gasteiger partial charge in [0.2, 0.25) is 0 Å². The summed E-state index contributed by atoms with van der Waals surface area (Å²) in [5.41, 5.74) is 5.48. The van der Waals surface area contributed by atoms with E-state index in [0.717, 1.165) is 65.1 Å². The zero-order chi connectivity index (χ0) is 13.2. The third-order valence-corrected chi connectivity index (χ3v) is 3.39. The Kier molecular flexibility index (Phi) is 7.76. The van der Waals surface area contributed by atoms with Gasteiger partial charge in [-0.15, -0.1) is 0 Å². The molecule has 0 aliphatic carbocycles. The lowest BCUT2D eigenvalue weighted by atomic mass is 10.2. The Bertz CT molecular complexity index is 227. The predicted molar refractivity (Wildman–Crippen MR) is 74.6 cm³/mol. The number of hydrogen-bond acceptors (Lipinski definition) is 3. The number of carbonyl (C=O) groups is 1. The lowest BCUT2D eigenvalue weighted by molar-refractivity contribution is 0.138. The van der Waals surface area contributed by atoms with Gasteiger partial charge < -0.3 is 16.0 Å². The van der Waals surface area contributed by atoms with Crippen LogP contribution in [0.5, 0.6) is 0 Å². The van der Waals surface area contributed by atoms with Crippen LogP contribution in [0.25, 0.3) is 0 Å². The number of urea groups is 1. The van der Waals surface area contributed by atoms with Crippen molar-refractivity contribution in [3.63, 3.8) is 0 Å². The van der Waals surface area contributed by atoms with Crippen LogP contribution in [0.4, 0.5) is 4.79 Å². The number of rotatable bonds is 7. The minimum atomic E-state index is 0.102. The van der Waals surface area contributed by atoms with E-state index in [9.17, 15) is 4.79 Å². The fraction of sp³-hybridized carbons (Fsp3) is 0.923. The summed E-state index contributed by atoms with van der Waals surface area (Å²) in [6.45, 7) is 8.50. The summed E-state index contributed by atoms with van der Waals surface area (Å²) in [6.07, 6.45) is 4.44. The fourth-order valence-corrected chi connectivity index (χ4v) is 2.14. The SMILES string of the molecule is CCCCNC(=O)N1CCN(CCCCN)CC1. The molecule has 1 aliphatic heterocycles. The van der Waals surface area contributed by atoms with Crippen molar-refractivity contribution in [2.24, 2.45) is 5.73 Å². The molecule has 0 aromatic rings. The molecule has 0 aromatic carbocycles. The van der Waals surface area contributed by atoms with E-state index in [1.165, 1.54) is 6.42 Å². The van der Waals surface area contributed by atoms with Gasteiger partial charge in [-0.25, -0.2) is 4.79 Å². The maximum atomic E-state index is 11.8. The number of nitrogens with two attached hydrogens (primary N) is 1. The Morgan fingerprint density at radius 2 is 1.89 bits per heavy atom. The number of hydrogen-bond donors (Lipinski definition) is 2. The van der Waals surface area contributed by atoms with Crippen LogP contribution in [0.2, 0.25) is 0 Å². The number of amides is 2. The molecule has 1 saturated heterocycles. The van der Waals surface area contributed by atoms with Crippen molar-refractivity contribution >= 4 is 6.03 Å². The first-order valence-corrected chi connectivity index (χ1v) is 7.23. The highest BCUT2D eigenvalue weighted by Crippen LogP contribution is 2.03. The van der Waals surface area contributed by atoms with E-state index < -0.39 is 0 Å². The molecule has 106 valence electrons. The highest BCUT2D eigenvalue weighted by molar-refractivity contribution is 5.74. The second-order valence-corrected chi connectivity index (χ2v) is 4.91. The highest BCUT2D eigenvalue weighted by atomic mass is 16.2. The normalized spacial score (nSPS) is 16.9. The first-order valence-electron chi connectivity index (χ1n) is 7.23. The highest BCUT2D eigenvalue weighted by Gasteiger charge is 2.19. The number of nitrogens with zero attached hydrogens (tertiary/aromatic N) is 2. The van der Waals surface area contributed by atoms with E-state index in [1.54, 1.807) is 0 Å². The van der Waals surface area contributed by atoms with Crippen molar-refractivity contribution in [1.82, 2.24) is 15.1 Å². The van der Waals surface area contributed by atoms with Gasteiger partial charge in [-0.1, -0.05) is 13.3 Å². The molecule has 0 aromatic heterocycles. The summed E-state index contributed by atoms with van der Waals surface area (Å²) >= 11 is 0. The average Bonchev–Trinajstić information content (AvgIpc) is 2.40. The molecule has 1 aliphatic rings. The van der Waals surface area contributed by atoms with Gasteiger partial charge in [0.15, 0.2) is 0 Å². The molecule has 2 amide bonds. The summed E-state index contributed by atoms with van der Waals surface area (Å²) in [5.74, 6) is 0. The van der Waals surface area contributed by atoms with Crippen molar-refractivity contribution in [3.05, 3.63) is 0 Å². The Hall–Kier alpha value is -0.810. The molecule has 0 bridgehead atoms. The third kappa shape index (κ3) is 5.69. The van der Waals surface area contributed by atoms with Crippen LogP contribution in [0, 0.1) is 0 Å². The average molecular weight is 256 g/mol. The molecule has 5 nitrogen and oxygen atoms in total. The van der Waals surface area contributed by atoms with Crippen molar-refractivity contribution in [3.8, 4) is 0 Å². The maximum Gasteiger partial charge on any atom is 0.317 e. The van der Waals surface area contributed by atoms with Crippen LogP contribution in [0.3, 0.4) is 0 Å². The minimum absolute atomic E-state index is 0.102. The molecule has 1 rings (SSSR count). The quantitative estimate of drug-likeness (QED) is 0.664. The molecular formula is C13H28N4O. The van der Waals surface area contributed by atoms with Crippen molar-refractivity contribution in [2.45, 2.75) is 32.6 Å². The maximum absolute atomic E-state index is 11.8. The van der Waals surface area contributed by atoms with E-state index in [4.69, 9.17) is 5.73 Å². The molecule has 1 heterocycles. The monoisotopic (exact) mass is 256 g/mol. The summed E-state index contributed by atoms with van der Waals surface area (Å²) < 4.78 is 0. The number of nitrogens with one attached hydrogen (secondary N) is 1. The summed E-state index contributed by atoms with van der Waals surface area (Å²) in [5, 5.41) is 2.97. The molecular weight excluding hydrogens is 228 g/mol. The lowest BCUT2D eigenvalue weighted by Gasteiger charge is -2.34. The van der Waals surface area contributed by atoms with Gasteiger partial charge in [-0.3, -0.25) is 4.90 Å². The Morgan fingerprint density at radius 3 is 2.50 bits per heavy atom. The second-order valence-electron chi connectivity index (χ2n) is 4.91. The molecule has 18 heavy (non-hydrogen) atoms. The molecule has 1 fully saturated rings. The second kappa shape index (κ2) is 9.16. The van der Waals surface area contributed by atoms with E-state index in [2.05, 4.69) is 17.1 Å². The van der Waals surface area contributed by atoms with Gasteiger partial charge in [-0.2, -0.15) is 0 Å². The van der Waals surface area contributed by atoms with Gasteiger partial charge >= 0.3 is 6.03 Å². The Balaban J connectivity index is 2.12. The largest absolute Gasteiger partial charge is 0.338 e. The van der Waals surface area contributed by atoms with Crippen LogP contribution < -0.4 is 11.1 Å².